The smallest absolute Gasteiger partial charge is 0.399 e. The van der Waals surface area contributed by atoms with Crippen LogP contribution in [0.3, 0.4) is 0 Å². The number of alkyl halides is 1. The highest BCUT2D eigenvalue weighted by Gasteiger charge is 2.52. The molecule has 1 aliphatic rings. The van der Waals surface area contributed by atoms with Crippen LogP contribution >= 0.6 is 15.9 Å². The molecule has 0 unspecified atom stereocenters. The van der Waals surface area contributed by atoms with E-state index in [2.05, 4.69) is 15.9 Å². The Morgan fingerprint density at radius 1 is 1.14 bits per heavy atom. The van der Waals surface area contributed by atoms with Crippen molar-refractivity contribution in [2.75, 3.05) is 6.26 Å². The third-order valence-corrected chi connectivity index (χ3v) is 5.91. The quantitative estimate of drug-likeness (QED) is 0.601. The Hall–Kier alpha value is -0.365. The summed E-state index contributed by atoms with van der Waals surface area (Å²) in [6.07, 6.45) is 1.20. The lowest BCUT2D eigenvalue weighted by molar-refractivity contribution is 0.00578. The maximum atomic E-state index is 11.7. The van der Waals surface area contributed by atoms with Gasteiger partial charge < -0.3 is 9.31 Å². The largest absolute Gasteiger partial charge is 0.495 e. The summed E-state index contributed by atoms with van der Waals surface area (Å²) in [7, 11) is -3.71. The molecule has 0 aromatic heterocycles. The van der Waals surface area contributed by atoms with E-state index in [4.69, 9.17) is 9.31 Å². The first-order chi connectivity index (χ1) is 9.48. The van der Waals surface area contributed by atoms with Crippen LogP contribution < -0.4 is 5.46 Å². The SMILES string of the molecule is CC1(C)OB(c2ccc(S(C)(=O)=O)cc2CBr)OC1(C)C. The van der Waals surface area contributed by atoms with E-state index in [-0.39, 0.29) is 0 Å². The van der Waals surface area contributed by atoms with Crippen molar-refractivity contribution in [2.24, 2.45) is 0 Å². The van der Waals surface area contributed by atoms with Gasteiger partial charge in [-0.25, -0.2) is 8.42 Å². The lowest BCUT2D eigenvalue weighted by Gasteiger charge is -2.32. The van der Waals surface area contributed by atoms with Crippen LogP contribution in [-0.4, -0.2) is 33.0 Å². The molecular weight excluding hydrogens is 355 g/mol. The van der Waals surface area contributed by atoms with Crippen molar-refractivity contribution in [1.29, 1.82) is 0 Å². The van der Waals surface area contributed by atoms with Crippen molar-refractivity contribution in [2.45, 2.75) is 49.1 Å². The van der Waals surface area contributed by atoms with Gasteiger partial charge in [-0.05, 0) is 50.9 Å². The van der Waals surface area contributed by atoms with Crippen LogP contribution in [0, 0.1) is 0 Å². The normalized spacial score (nSPS) is 20.8. The van der Waals surface area contributed by atoms with Crippen molar-refractivity contribution in [3.63, 3.8) is 0 Å². The van der Waals surface area contributed by atoms with Gasteiger partial charge in [-0.1, -0.05) is 22.0 Å². The molecule has 1 fully saturated rings. The lowest BCUT2D eigenvalue weighted by Crippen LogP contribution is -2.41. The van der Waals surface area contributed by atoms with Gasteiger partial charge in [-0.3, -0.25) is 0 Å². The molecule has 1 aromatic carbocycles. The minimum absolute atomic E-state index is 0.303. The van der Waals surface area contributed by atoms with Crippen LogP contribution in [0.15, 0.2) is 23.1 Å². The van der Waals surface area contributed by atoms with Crippen LogP contribution in [0.5, 0.6) is 0 Å². The van der Waals surface area contributed by atoms with Gasteiger partial charge in [0.05, 0.1) is 16.1 Å². The summed E-state index contributed by atoms with van der Waals surface area (Å²) in [6.45, 7) is 7.97. The van der Waals surface area contributed by atoms with Crippen molar-refractivity contribution in [1.82, 2.24) is 0 Å². The summed E-state index contributed by atoms with van der Waals surface area (Å²) >= 11 is 3.41. The molecule has 1 aliphatic heterocycles. The highest BCUT2D eigenvalue weighted by molar-refractivity contribution is 9.08. The molecule has 7 heteroatoms. The van der Waals surface area contributed by atoms with Crippen LogP contribution in [0.2, 0.25) is 0 Å². The zero-order chi connectivity index (χ0) is 16.1. The summed E-state index contributed by atoms with van der Waals surface area (Å²) < 4.78 is 35.4. The van der Waals surface area contributed by atoms with Crippen molar-refractivity contribution < 1.29 is 17.7 Å². The molecule has 0 spiro atoms. The Morgan fingerprint density at radius 3 is 2.10 bits per heavy atom. The Morgan fingerprint density at radius 2 is 1.67 bits per heavy atom. The maximum absolute atomic E-state index is 11.7. The van der Waals surface area contributed by atoms with Gasteiger partial charge in [0.15, 0.2) is 9.84 Å². The van der Waals surface area contributed by atoms with Crippen LogP contribution in [0.4, 0.5) is 0 Å². The van der Waals surface area contributed by atoms with Crippen LogP contribution in [0.1, 0.15) is 33.3 Å². The average Bonchev–Trinajstić information content (AvgIpc) is 2.56. The third kappa shape index (κ3) is 3.21. The number of sulfone groups is 1. The summed E-state index contributed by atoms with van der Waals surface area (Å²) in [6, 6.07) is 5.04. The predicted octanol–water partition coefficient (Wildman–Crippen LogP) is 2.28. The van der Waals surface area contributed by atoms with Crippen molar-refractivity contribution in [3.05, 3.63) is 23.8 Å². The number of halogens is 1. The van der Waals surface area contributed by atoms with E-state index < -0.39 is 28.2 Å². The molecule has 1 heterocycles. The second-order valence-corrected chi connectivity index (χ2v) is 8.93. The predicted molar refractivity (Wildman–Crippen MR) is 87.9 cm³/mol. The highest BCUT2D eigenvalue weighted by atomic mass is 79.9. The first kappa shape index (κ1) is 17.0. The van der Waals surface area contributed by atoms with Crippen LogP contribution in [0.25, 0.3) is 0 Å². The standard InChI is InChI=1S/C14H20BBrO4S/c1-13(2)14(3,4)20-15(19-13)12-7-6-11(21(5,17)18)8-10(12)9-16/h6-8H,9H2,1-5H3. The molecule has 4 nitrogen and oxygen atoms in total. The molecule has 1 saturated heterocycles. The molecule has 2 rings (SSSR count). The molecule has 21 heavy (non-hydrogen) atoms. The molecular formula is C14H20BBrO4S. The van der Waals surface area contributed by atoms with Gasteiger partial charge in [0.2, 0.25) is 0 Å². The van der Waals surface area contributed by atoms with Crippen molar-refractivity contribution in [3.8, 4) is 0 Å². The van der Waals surface area contributed by atoms with E-state index in [1.807, 2.05) is 27.7 Å². The molecule has 0 saturated carbocycles. The Kier molecular flexibility index (Phi) is 4.35. The summed E-state index contributed by atoms with van der Waals surface area (Å²) in [5.41, 5.74) is 0.877. The molecule has 0 aliphatic carbocycles. The molecule has 0 bridgehead atoms. The lowest BCUT2D eigenvalue weighted by atomic mass is 9.76. The summed E-state index contributed by atoms with van der Waals surface area (Å²) in [5.74, 6) is 0. The third-order valence-electron chi connectivity index (χ3n) is 4.19. The van der Waals surface area contributed by atoms with Gasteiger partial charge in [0, 0.05) is 11.6 Å². The molecule has 1 aromatic rings. The Balaban J connectivity index is 2.43. The zero-order valence-electron chi connectivity index (χ0n) is 12.9. The maximum Gasteiger partial charge on any atom is 0.495 e. The van der Waals surface area contributed by atoms with Gasteiger partial charge >= 0.3 is 7.12 Å². The molecule has 0 amide bonds. The molecule has 0 radical (unpaired) electrons. The summed E-state index contributed by atoms with van der Waals surface area (Å²) in [5, 5.41) is 0.537. The minimum atomic E-state index is -3.22. The monoisotopic (exact) mass is 374 g/mol. The van der Waals surface area contributed by atoms with Crippen molar-refractivity contribution >= 4 is 38.3 Å². The summed E-state index contributed by atoms with van der Waals surface area (Å²) in [4.78, 5) is 0.303. The topological polar surface area (TPSA) is 52.6 Å². The first-order valence-electron chi connectivity index (χ1n) is 6.72. The van der Waals surface area contributed by atoms with E-state index in [0.29, 0.717) is 10.2 Å². The van der Waals surface area contributed by atoms with Crippen LogP contribution in [-0.2, 0) is 24.5 Å². The first-order valence-corrected chi connectivity index (χ1v) is 9.74. The molecule has 0 atom stereocenters. The fourth-order valence-corrected chi connectivity index (χ4v) is 3.29. The second kappa shape index (κ2) is 5.37. The van der Waals surface area contributed by atoms with Gasteiger partial charge in [-0.15, -0.1) is 0 Å². The number of rotatable bonds is 3. The number of hydrogen-bond acceptors (Lipinski definition) is 4. The van der Waals surface area contributed by atoms with E-state index in [1.54, 1.807) is 18.2 Å². The van der Waals surface area contributed by atoms with E-state index in [9.17, 15) is 8.42 Å². The minimum Gasteiger partial charge on any atom is -0.399 e. The molecule has 116 valence electrons. The van der Waals surface area contributed by atoms with E-state index in [1.165, 1.54) is 6.26 Å². The van der Waals surface area contributed by atoms with Gasteiger partial charge in [0.25, 0.3) is 0 Å². The molecule has 0 N–H and O–H groups in total. The zero-order valence-corrected chi connectivity index (χ0v) is 15.3. The van der Waals surface area contributed by atoms with E-state index in [0.717, 1.165) is 11.0 Å². The van der Waals surface area contributed by atoms with Gasteiger partial charge in [0.1, 0.15) is 0 Å². The Labute approximate surface area is 135 Å². The number of benzene rings is 1. The fourth-order valence-electron chi connectivity index (χ4n) is 2.13. The average molecular weight is 375 g/mol. The van der Waals surface area contributed by atoms with Gasteiger partial charge in [-0.2, -0.15) is 0 Å². The highest BCUT2D eigenvalue weighted by Crippen LogP contribution is 2.36. The Bertz CT molecular complexity index is 639. The fraction of sp³-hybridized carbons (Fsp3) is 0.571. The second-order valence-electron chi connectivity index (χ2n) is 6.35. The number of hydrogen-bond donors (Lipinski definition) is 0. The van der Waals surface area contributed by atoms with E-state index >= 15 is 0 Å².